The minimum atomic E-state index is -0.226. The summed E-state index contributed by atoms with van der Waals surface area (Å²) in [6.07, 6.45) is 2.28. The summed E-state index contributed by atoms with van der Waals surface area (Å²) in [6, 6.07) is 16.0. The average molecular weight is 483 g/mol. The number of benzene rings is 2. The Morgan fingerprint density at radius 1 is 1.15 bits per heavy atom. The normalized spacial score (nSPS) is 15.7. The number of aromatic hydroxyl groups is 1. The SMILES string of the molecule is COc1cccc(CN2CCC(C(Cc3ccccc3F)N(C)C(=O)c3cccs3)CC2)c1O. The lowest BCUT2D eigenvalue weighted by Gasteiger charge is -2.40. The molecule has 5 nitrogen and oxygen atoms in total. The minimum absolute atomic E-state index is 0.0138. The van der Waals surface area contributed by atoms with Crippen LogP contribution in [0.4, 0.5) is 4.39 Å². The van der Waals surface area contributed by atoms with E-state index in [0.29, 0.717) is 29.2 Å². The highest BCUT2D eigenvalue weighted by Gasteiger charge is 2.33. The number of carbonyl (C=O) groups excluding carboxylic acids is 1. The molecule has 1 N–H and O–H groups in total. The monoisotopic (exact) mass is 482 g/mol. The number of halogens is 1. The molecule has 0 bridgehead atoms. The number of likely N-dealkylation sites (N-methyl/N-ethyl adjacent to an activating group) is 1. The number of para-hydroxylation sites is 1. The van der Waals surface area contributed by atoms with Gasteiger partial charge in [0.2, 0.25) is 0 Å². The third-order valence-corrected chi connectivity index (χ3v) is 7.67. The molecule has 7 heteroatoms. The summed E-state index contributed by atoms with van der Waals surface area (Å²) < 4.78 is 19.7. The van der Waals surface area contributed by atoms with Crippen molar-refractivity contribution in [3.8, 4) is 11.5 Å². The molecule has 0 aliphatic carbocycles. The van der Waals surface area contributed by atoms with E-state index in [1.165, 1.54) is 17.4 Å². The molecule has 1 unspecified atom stereocenters. The Hall–Kier alpha value is -2.90. The third kappa shape index (κ3) is 5.42. The summed E-state index contributed by atoms with van der Waals surface area (Å²) >= 11 is 1.43. The lowest BCUT2D eigenvalue weighted by Crippen LogP contribution is -2.47. The van der Waals surface area contributed by atoms with Crippen molar-refractivity contribution in [2.75, 3.05) is 27.2 Å². The van der Waals surface area contributed by atoms with Gasteiger partial charge < -0.3 is 14.7 Å². The molecule has 34 heavy (non-hydrogen) atoms. The fourth-order valence-corrected chi connectivity index (χ4v) is 5.54. The number of phenolic OH excluding ortho intramolecular Hbond substituents is 1. The van der Waals surface area contributed by atoms with Crippen LogP contribution in [-0.4, -0.2) is 54.1 Å². The van der Waals surface area contributed by atoms with Crippen LogP contribution in [0.2, 0.25) is 0 Å². The number of nitrogens with zero attached hydrogens (tertiary/aromatic N) is 2. The van der Waals surface area contributed by atoms with Crippen LogP contribution in [0.15, 0.2) is 60.0 Å². The van der Waals surface area contributed by atoms with E-state index in [9.17, 15) is 14.3 Å². The summed E-state index contributed by atoms with van der Waals surface area (Å²) in [7, 11) is 3.39. The molecule has 1 aliphatic heterocycles. The average Bonchev–Trinajstić information content (AvgIpc) is 3.40. The first-order chi connectivity index (χ1) is 16.5. The molecule has 4 rings (SSSR count). The van der Waals surface area contributed by atoms with Crippen molar-refractivity contribution in [3.05, 3.63) is 81.8 Å². The highest BCUT2D eigenvalue weighted by molar-refractivity contribution is 7.12. The van der Waals surface area contributed by atoms with E-state index in [1.54, 1.807) is 19.2 Å². The molecule has 1 aliphatic rings. The minimum Gasteiger partial charge on any atom is -0.504 e. The van der Waals surface area contributed by atoms with Gasteiger partial charge in [-0.25, -0.2) is 4.39 Å². The summed E-state index contributed by atoms with van der Waals surface area (Å²) in [6.45, 7) is 2.32. The number of methoxy groups -OCH3 is 1. The van der Waals surface area contributed by atoms with E-state index in [2.05, 4.69) is 4.90 Å². The topological polar surface area (TPSA) is 53.0 Å². The van der Waals surface area contributed by atoms with Crippen LogP contribution < -0.4 is 4.74 Å². The Kier molecular flexibility index (Phi) is 7.85. The Labute approximate surface area is 204 Å². The molecule has 1 aromatic heterocycles. The molecule has 1 saturated heterocycles. The predicted octanol–water partition coefficient (Wildman–Crippen LogP) is 5.20. The van der Waals surface area contributed by atoms with E-state index < -0.39 is 0 Å². The lowest BCUT2D eigenvalue weighted by atomic mass is 9.84. The second-order valence-electron chi connectivity index (χ2n) is 8.84. The standard InChI is InChI=1S/C27H31FN2O3S/c1-29(27(32)25-11-6-16-34-25)23(17-20-7-3-4-9-22(20)28)19-12-14-30(15-13-19)18-21-8-5-10-24(33-2)26(21)31/h3-11,16,19,23,31H,12-15,17-18H2,1-2H3. The molecule has 2 heterocycles. The van der Waals surface area contributed by atoms with Crippen molar-refractivity contribution in [2.45, 2.75) is 31.8 Å². The summed E-state index contributed by atoms with van der Waals surface area (Å²) in [4.78, 5) is 18.0. The van der Waals surface area contributed by atoms with Crippen molar-refractivity contribution in [1.82, 2.24) is 9.80 Å². The number of thiophene rings is 1. The molecule has 3 aromatic rings. The van der Waals surface area contributed by atoms with Gasteiger partial charge >= 0.3 is 0 Å². The van der Waals surface area contributed by atoms with Crippen molar-refractivity contribution >= 4 is 17.2 Å². The second kappa shape index (κ2) is 11.0. The maximum absolute atomic E-state index is 14.5. The Bertz CT molecular complexity index is 1100. The van der Waals surface area contributed by atoms with E-state index in [0.717, 1.165) is 31.5 Å². The van der Waals surface area contributed by atoms with Gasteiger partial charge in [0, 0.05) is 25.2 Å². The molecule has 1 atom stereocenters. The zero-order valence-electron chi connectivity index (χ0n) is 19.6. The van der Waals surface area contributed by atoms with Crippen LogP contribution in [-0.2, 0) is 13.0 Å². The number of ether oxygens (including phenoxy) is 1. The molecule has 2 aromatic carbocycles. The number of hydrogen-bond acceptors (Lipinski definition) is 5. The fraction of sp³-hybridized carbons (Fsp3) is 0.370. The first kappa shape index (κ1) is 24.2. The van der Waals surface area contributed by atoms with Gasteiger partial charge in [-0.15, -0.1) is 11.3 Å². The number of likely N-dealkylation sites (tertiary alicyclic amines) is 1. The number of phenols is 1. The fourth-order valence-electron chi connectivity index (χ4n) is 4.83. The van der Waals surface area contributed by atoms with Crippen LogP contribution in [0, 0.1) is 11.7 Å². The van der Waals surface area contributed by atoms with Gasteiger partial charge in [0.15, 0.2) is 11.5 Å². The van der Waals surface area contributed by atoms with Gasteiger partial charge in [0.05, 0.1) is 12.0 Å². The first-order valence-electron chi connectivity index (χ1n) is 11.6. The van der Waals surface area contributed by atoms with Gasteiger partial charge in [-0.3, -0.25) is 9.69 Å². The maximum Gasteiger partial charge on any atom is 0.263 e. The number of amides is 1. The second-order valence-corrected chi connectivity index (χ2v) is 9.79. The molecule has 1 fully saturated rings. The Morgan fingerprint density at radius 2 is 1.88 bits per heavy atom. The molecule has 0 saturated carbocycles. The molecule has 1 amide bonds. The zero-order chi connectivity index (χ0) is 24.1. The van der Waals surface area contributed by atoms with E-state index in [1.807, 2.05) is 53.7 Å². The van der Waals surface area contributed by atoms with Gasteiger partial charge in [-0.1, -0.05) is 36.4 Å². The van der Waals surface area contributed by atoms with Crippen LogP contribution in [0.5, 0.6) is 11.5 Å². The van der Waals surface area contributed by atoms with Gasteiger partial charge in [-0.2, -0.15) is 0 Å². The lowest BCUT2D eigenvalue weighted by molar-refractivity contribution is 0.0587. The van der Waals surface area contributed by atoms with Crippen molar-refractivity contribution in [2.24, 2.45) is 5.92 Å². The van der Waals surface area contributed by atoms with Gasteiger partial charge in [0.25, 0.3) is 5.91 Å². The number of hydrogen-bond donors (Lipinski definition) is 1. The summed E-state index contributed by atoms with van der Waals surface area (Å²) in [5.41, 5.74) is 1.48. The number of carbonyl (C=O) groups is 1. The van der Waals surface area contributed by atoms with Crippen LogP contribution >= 0.6 is 11.3 Å². The maximum atomic E-state index is 14.5. The van der Waals surface area contributed by atoms with E-state index >= 15 is 0 Å². The van der Waals surface area contributed by atoms with Crippen LogP contribution in [0.25, 0.3) is 0 Å². The summed E-state index contributed by atoms with van der Waals surface area (Å²) in [5.74, 6) is 0.677. The largest absolute Gasteiger partial charge is 0.504 e. The highest BCUT2D eigenvalue weighted by Crippen LogP contribution is 2.33. The van der Waals surface area contributed by atoms with Crippen molar-refractivity contribution in [3.63, 3.8) is 0 Å². The highest BCUT2D eigenvalue weighted by atomic mass is 32.1. The molecule has 180 valence electrons. The first-order valence-corrected chi connectivity index (χ1v) is 12.5. The molecule has 0 radical (unpaired) electrons. The predicted molar refractivity (Wildman–Crippen MR) is 133 cm³/mol. The quantitative estimate of drug-likeness (QED) is 0.480. The molecular weight excluding hydrogens is 451 g/mol. The van der Waals surface area contributed by atoms with Crippen molar-refractivity contribution < 1.29 is 19.0 Å². The smallest absolute Gasteiger partial charge is 0.263 e. The summed E-state index contributed by atoms with van der Waals surface area (Å²) in [5, 5.41) is 12.3. The molecular formula is C27H31FN2O3S. The Balaban J connectivity index is 1.48. The number of rotatable bonds is 8. The number of piperidine rings is 1. The van der Waals surface area contributed by atoms with E-state index in [-0.39, 0.29) is 29.4 Å². The van der Waals surface area contributed by atoms with E-state index in [4.69, 9.17) is 4.74 Å². The van der Waals surface area contributed by atoms with Gasteiger partial charge in [0.1, 0.15) is 5.82 Å². The Morgan fingerprint density at radius 3 is 2.56 bits per heavy atom. The van der Waals surface area contributed by atoms with Crippen molar-refractivity contribution in [1.29, 1.82) is 0 Å². The van der Waals surface area contributed by atoms with Crippen LogP contribution in [0.3, 0.4) is 0 Å². The zero-order valence-corrected chi connectivity index (χ0v) is 20.4. The third-order valence-electron chi connectivity index (χ3n) is 6.81. The van der Waals surface area contributed by atoms with Gasteiger partial charge in [-0.05, 0) is 67.4 Å². The molecule has 0 spiro atoms. The van der Waals surface area contributed by atoms with Crippen LogP contribution in [0.1, 0.15) is 33.6 Å².